The van der Waals surface area contributed by atoms with Gasteiger partial charge in [0, 0.05) is 31.3 Å². The third-order valence-corrected chi connectivity index (χ3v) is 3.63. The highest BCUT2D eigenvalue weighted by Crippen LogP contribution is 2.17. The second-order valence-electron chi connectivity index (χ2n) is 5.84. The van der Waals surface area contributed by atoms with Crippen LogP contribution in [0.15, 0.2) is 36.7 Å². The van der Waals surface area contributed by atoms with Crippen molar-refractivity contribution >= 4 is 5.97 Å². The molecule has 1 aromatic carbocycles. The van der Waals surface area contributed by atoms with E-state index in [9.17, 15) is 4.79 Å². The first-order valence-electron chi connectivity index (χ1n) is 8.16. The Bertz CT molecular complexity index is 621. The SMILES string of the molecule is CCCCc1cnc(-c2ccc(CC(C)OC(C)=O)cc2)nc1. The van der Waals surface area contributed by atoms with Gasteiger partial charge in [-0.1, -0.05) is 37.6 Å². The molecule has 1 aromatic heterocycles. The molecule has 0 fully saturated rings. The zero-order valence-electron chi connectivity index (χ0n) is 14.1. The number of esters is 1. The van der Waals surface area contributed by atoms with Crippen LogP contribution in [0.3, 0.4) is 0 Å². The Balaban J connectivity index is 2.00. The minimum Gasteiger partial charge on any atom is -0.463 e. The topological polar surface area (TPSA) is 52.1 Å². The number of nitrogens with zero attached hydrogens (tertiary/aromatic N) is 2. The highest BCUT2D eigenvalue weighted by Gasteiger charge is 2.07. The highest BCUT2D eigenvalue weighted by molar-refractivity contribution is 5.66. The Kier molecular flexibility index (Phi) is 6.27. The molecule has 2 rings (SSSR count). The van der Waals surface area contributed by atoms with Crippen molar-refractivity contribution in [2.45, 2.75) is 52.6 Å². The molecule has 2 aromatic rings. The third-order valence-electron chi connectivity index (χ3n) is 3.63. The molecule has 0 radical (unpaired) electrons. The van der Waals surface area contributed by atoms with Crippen molar-refractivity contribution in [2.75, 3.05) is 0 Å². The van der Waals surface area contributed by atoms with Crippen LogP contribution in [0.25, 0.3) is 11.4 Å². The first-order chi connectivity index (χ1) is 11.1. The van der Waals surface area contributed by atoms with E-state index in [1.54, 1.807) is 0 Å². The summed E-state index contributed by atoms with van der Waals surface area (Å²) in [4.78, 5) is 19.8. The number of rotatable bonds is 7. The molecule has 0 saturated heterocycles. The summed E-state index contributed by atoms with van der Waals surface area (Å²) in [6.45, 7) is 5.51. The fourth-order valence-electron chi connectivity index (χ4n) is 2.46. The van der Waals surface area contributed by atoms with Gasteiger partial charge in [-0.25, -0.2) is 9.97 Å². The molecule has 0 bridgehead atoms. The van der Waals surface area contributed by atoms with Crippen molar-refractivity contribution in [3.63, 3.8) is 0 Å². The number of ether oxygens (including phenoxy) is 1. The van der Waals surface area contributed by atoms with E-state index in [1.165, 1.54) is 18.9 Å². The second-order valence-corrected chi connectivity index (χ2v) is 5.84. The number of hydrogen-bond donors (Lipinski definition) is 0. The predicted octanol–water partition coefficient (Wildman–Crippen LogP) is 3.98. The highest BCUT2D eigenvalue weighted by atomic mass is 16.5. The van der Waals surface area contributed by atoms with Gasteiger partial charge in [0.15, 0.2) is 5.82 Å². The summed E-state index contributed by atoms with van der Waals surface area (Å²) in [5.74, 6) is 0.496. The van der Waals surface area contributed by atoms with E-state index in [4.69, 9.17) is 4.74 Å². The maximum Gasteiger partial charge on any atom is 0.302 e. The minimum atomic E-state index is -0.245. The van der Waals surface area contributed by atoms with Crippen LogP contribution in [-0.4, -0.2) is 22.0 Å². The predicted molar refractivity (Wildman–Crippen MR) is 91.0 cm³/mol. The van der Waals surface area contributed by atoms with E-state index in [0.717, 1.165) is 29.8 Å². The minimum absolute atomic E-state index is 0.118. The number of aryl methyl sites for hydroxylation is 1. The fourth-order valence-corrected chi connectivity index (χ4v) is 2.46. The molecule has 0 aliphatic rings. The van der Waals surface area contributed by atoms with E-state index in [1.807, 2.05) is 43.6 Å². The summed E-state index contributed by atoms with van der Waals surface area (Å²) < 4.78 is 5.15. The monoisotopic (exact) mass is 312 g/mol. The summed E-state index contributed by atoms with van der Waals surface area (Å²) in [6, 6.07) is 8.08. The lowest BCUT2D eigenvalue weighted by Crippen LogP contribution is -2.14. The number of unbranched alkanes of at least 4 members (excludes halogenated alkanes) is 1. The van der Waals surface area contributed by atoms with Crippen LogP contribution in [0.5, 0.6) is 0 Å². The van der Waals surface area contributed by atoms with Crippen LogP contribution >= 0.6 is 0 Å². The van der Waals surface area contributed by atoms with Gasteiger partial charge >= 0.3 is 5.97 Å². The Labute approximate surface area is 137 Å². The smallest absolute Gasteiger partial charge is 0.302 e. The maximum absolute atomic E-state index is 10.9. The van der Waals surface area contributed by atoms with Gasteiger partial charge in [-0.3, -0.25) is 4.79 Å². The third kappa shape index (κ3) is 5.47. The Morgan fingerprint density at radius 3 is 2.35 bits per heavy atom. The number of benzene rings is 1. The quantitative estimate of drug-likeness (QED) is 0.726. The summed E-state index contributed by atoms with van der Waals surface area (Å²) in [7, 11) is 0. The van der Waals surface area contributed by atoms with Gasteiger partial charge in [0.2, 0.25) is 0 Å². The van der Waals surface area contributed by atoms with Gasteiger partial charge in [-0.2, -0.15) is 0 Å². The van der Waals surface area contributed by atoms with Crippen LogP contribution in [0.1, 0.15) is 44.7 Å². The molecule has 0 spiro atoms. The van der Waals surface area contributed by atoms with Crippen molar-refractivity contribution in [2.24, 2.45) is 0 Å². The lowest BCUT2D eigenvalue weighted by atomic mass is 10.1. The van der Waals surface area contributed by atoms with E-state index in [-0.39, 0.29) is 12.1 Å². The molecular weight excluding hydrogens is 288 g/mol. The fraction of sp³-hybridized carbons (Fsp3) is 0.421. The Morgan fingerprint density at radius 2 is 1.78 bits per heavy atom. The molecule has 0 N–H and O–H groups in total. The van der Waals surface area contributed by atoms with E-state index < -0.39 is 0 Å². The molecule has 1 heterocycles. The summed E-state index contributed by atoms with van der Waals surface area (Å²) in [5, 5.41) is 0. The summed E-state index contributed by atoms with van der Waals surface area (Å²) in [6.07, 6.45) is 7.78. The average molecular weight is 312 g/mol. The molecule has 0 amide bonds. The molecule has 0 aliphatic heterocycles. The number of carbonyl (C=O) groups is 1. The van der Waals surface area contributed by atoms with E-state index >= 15 is 0 Å². The van der Waals surface area contributed by atoms with E-state index in [0.29, 0.717) is 6.42 Å². The van der Waals surface area contributed by atoms with Gasteiger partial charge in [0.1, 0.15) is 6.10 Å². The van der Waals surface area contributed by atoms with Crippen LogP contribution in [0, 0.1) is 0 Å². The van der Waals surface area contributed by atoms with Gasteiger partial charge in [-0.05, 0) is 30.9 Å². The van der Waals surface area contributed by atoms with Crippen LogP contribution in [0.4, 0.5) is 0 Å². The van der Waals surface area contributed by atoms with Crippen molar-refractivity contribution in [1.82, 2.24) is 9.97 Å². The van der Waals surface area contributed by atoms with Crippen LogP contribution in [0.2, 0.25) is 0 Å². The standard InChI is InChI=1S/C19H24N2O2/c1-4-5-6-17-12-20-19(21-13-17)18-9-7-16(8-10-18)11-14(2)23-15(3)22/h7-10,12-14H,4-6,11H2,1-3H3. The Hall–Kier alpha value is -2.23. The first kappa shape index (κ1) is 17.1. The molecule has 1 atom stereocenters. The lowest BCUT2D eigenvalue weighted by molar-refractivity contribution is -0.145. The first-order valence-corrected chi connectivity index (χ1v) is 8.16. The molecule has 4 heteroatoms. The van der Waals surface area contributed by atoms with Gasteiger partial charge in [-0.15, -0.1) is 0 Å². The van der Waals surface area contributed by atoms with Crippen molar-refractivity contribution in [1.29, 1.82) is 0 Å². The zero-order valence-corrected chi connectivity index (χ0v) is 14.1. The van der Waals surface area contributed by atoms with Gasteiger partial charge < -0.3 is 4.74 Å². The Morgan fingerprint density at radius 1 is 1.13 bits per heavy atom. The number of aromatic nitrogens is 2. The van der Waals surface area contributed by atoms with Crippen molar-refractivity contribution < 1.29 is 9.53 Å². The van der Waals surface area contributed by atoms with Crippen molar-refractivity contribution in [3.05, 3.63) is 47.8 Å². The van der Waals surface area contributed by atoms with E-state index in [2.05, 4.69) is 16.9 Å². The summed E-state index contributed by atoms with van der Waals surface area (Å²) >= 11 is 0. The number of carbonyl (C=O) groups excluding carboxylic acids is 1. The van der Waals surface area contributed by atoms with Crippen LogP contribution in [-0.2, 0) is 22.4 Å². The zero-order chi connectivity index (χ0) is 16.7. The molecule has 0 aliphatic carbocycles. The molecule has 23 heavy (non-hydrogen) atoms. The normalized spacial score (nSPS) is 12.0. The second kappa shape index (κ2) is 8.42. The summed E-state index contributed by atoms with van der Waals surface area (Å²) in [5.41, 5.74) is 3.31. The van der Waals surface area contributed by atoms with Gasteiger partial charge in [0.05, 0.1) is 0 Å². The van der Waals surface area contributed by atoms with Crippen LogP contribution < -0.4 is 0 Å². The molecular formula is C19H24N2O2. The maximum atomic E-state index is 10.9. The molecule has 4 nitrogen and oxygen atoms in total. The lowest BCUT2D eigenvalue weighted by Gasteiger charge is -2.12. The van der Waals surface area contributed by atoms with Crippen molar-refractivity contribution in [3.8, 4) is 11.4 Å². The number of hydrogen-bond acceptors (Lipinski definition) is 4. The average Bonchev–Trinajstić information content (AvgIpc) is 2.53. The molecule has 122 valence electrons. The molecule has 0 saturated carbocycles. The molecule has 1 unspecified atom stereocenters. The largest absolute Gasteiger partial charge is 0.463 e. The van der Waals surface area contributed by atoms with Gasteiger partial charge in [0.25, 0.3) is 0 Å².